The normalized spacial score (nSPS) is 23.5. The van der Waals surface area contributed by atoms with E-state index in [-0.39, 0.29) is 6.61 Å². The quantitative estimate of drug-likeness (QED) is 0.400. The average molecular weight is 510 g/mol. The van der Waals surface area contributed by atoms with Crippen LogP contribution >= 0.6 is 0 Å². The third-order valence-electron chi connectivity index (χ3n) is 8.77. The Kier molecular flexibility index (Phi) is 6.15. The van der Waals surface area contributed by atoms with Gasteiger partial charge in [0, 0.05) is 36.6 Å². The molecule has 2 N–H and O–H groups in total. The highest BCUT2D eigenvalue weighted by atomic mass is 16.5. The molecule has 3 fully saturated rings. The molecule has 0 radical (unpaired) electrons. The predicted octanol–water partition coefficient (Wildman–Crippen LogP) is 4.36. The molecule has 0 amide bonds. The molecule has 196 valence electrons. The molecule has 2 bridgehead atoms. The Morgan fingerprint density at radius 2 is 1.82 bits per heavy atom. The van der Waals surface area contributed by atoms with Crippen molar-refractivity contribution in [3.05, 3.63) is 60.2 Å². The summed E-state index contributed by atoms with van der Waals surface area (Å²) in [6.45, 7) is 3.72. The van der Waals surface area contributed by atoms with Gasteiger partial charge in [0.25, 0.3) is 0 Å². The highest BCUT2D eigenvalue weighted by Crippen LogP contribution is 2.38. The molecule has 38 heavy (non-hydrogen) atoms. The van der Waals surface area contributed by atoms with Gasteiger partial charge in [-0.3, -0.25) is 0 Å². The van der Waals surface area contributed by atoms with Gasteiger partial charge in [-0.25, -0.2) is 0 Å². The number of likely N-dealkylation sites (N-methyl/N-ethyl adjacent to an activating group) is 1. The van der Waals surface area contributed by atoms with Gasteiger partial charge >= 0.3 is 6.01 Å². The zero-order chi connectivity index (χ0) is 25.6. The molecule has 7 rings (SSSR count). The Morgan fingerprint density at radius 3 is 2.61 bits per heavy atom. The first-order chi connectivity index (χ1) is 18.7. The van der Waals surface area contributed by atoms with E-state index >= 15 is 0 Å². The number of rotatable bonds is 6. The summed E-state index contributed by atoms with van der Waals surface area (Å²) in [7, 11) is 2.17. The smallest absolute Gasteiger partial charge is 0.319 e. The van der Waals surface area contributed by atoms with Gasteiger partial charge in [-0.05, 0) is 91.0 Å². The van der Waals surface area contributed by atoms with Crippen molar-refractivity contribution in [2.45, 2.75) is 50.4 Å². The summed E-state index contributed by atoms with van der Waals surface area (Å²) in [4.78, 5) is 14.9. The highest BCUT2D eigenvalue weighted by Gasteiger charge is 2.38. The molecule has 3 atom stereocenters. The summed E-state index contributed by atoms with van der Waals surface area (Å²) >= 11 is 0. The summed E-state index contributed by atoms with van der Waals surface area (Å²) < 4.78 is 6.30. The van der Waals surface area contributed by atoms with Crippen LogP contribution in [0.5, 0.6) is 6.01 Å². The number of likely N-dealkylation sites (tertiary alicyclic amines) is 1. The number of aliphatic hydroxyl groups excluding tert-OH is 1. The van der Waals surface area contributed by atoms with Crippen LogP contribution in [0.4, 0.5) is 5.82 Å². The molecule has 1 aromatic heterocycles. The molecule has 3 aromatic carbocycles. The second-order valence-corrected chi connectivity index (χ2v) is 11.1. The van der Waals surface area contributed by atoms with Crippen LogP contribution in [0.2, 0.25) is 0 Å². The van der Waals surface area contributed by atoms with E-state index in [0.717, 1.165) is 64.9 Å². The molecule has 3 aliphatic heterocycles. The third-order valence-corrected chi connectivity index (χ3v) is 8.77. The van der Waals surface area contributed by atoms with Crippen LogP contribution in [0.25, 0.3) is 32.8 Å². The van der Waals surface area contributed by atoms with E-state index in [2.05, 4.69) is 70.7 Å². The molecule has 4 heterocycles. The number of hydrogen-bond acceptors (Lipinski definition) is 7. The number of nitrogens with zero attached hydrogens (tertiary/aromatic N) is 4. The lowest BCUT2D eigenvalue weighted by Crippen LogP contribution is -2.52. The third kappa shape index (κ3) is 4.19. The first-order valence-electron chi connectivity index (χ1n) is 13.9. The molecule has 0 aliphatic carbocycles. The molecular weight excluding hydrogens is 474 g/mol. The van der Waals surface area contributed by atoms with Crippen molar-refractivity contribution < 1.29 is 9.84 Å². The number of fused-ring (bicyclic) bond motifs is 4. The summed E-state index contributed by atoms with van der Waals surface area (Å²) in [5, 5.41) is 16.9. The number of hydrogen-bond donors (Lipinski definition) is 2. The zero-order valence-electron chi connectivity index (χ0n) is 21.9. The molecule has 0 saturated carbocycles. The van der Waals surface area contributed by atoms with E-state index in [1.54, 1.807) is 0 Å². The SMILES string of the molecule is CN1CCC[C@H]1COc1nc(N2[C@@H]3CC[C@H]2CNC3)c2ccc(-c3cc(CO)cc4ccccc34)cc2n1. The minimum atomic E-state index is 0.0110. The van der Waals surface area contributed by atoms with Gasteiger partial charge in [0.1, 0.15) is 12.4 Å². The van der Waals surface area contributed by atoms with Crippen molar-refractivity contribution in [3.63, 3.8) is 0 Å². The first kappa shape index (κ1) is 23.8. The molecule has 3 aliphatic rings. The molecule has 7 heteroatoms. The Labute approximate surface area is 223 Å². The molecule has 3 saturated heterocycles. The van der Waals surface area contributed by atoms with E-state index in [4.69, 9.17) is 14.7 Å². The number of benzene rings is 3. The molecule has 7 nitrogen and oxygen atoms in total. The Morgan fingerprint density at radius 1 is 0.974 bits per heavy atom. The number of nitrogens with one attached hydrogen (secondary N) is 1. The maximum Gasteiger partial charge on any atom is 0.319 e. The van der Waals surface area contributed by atoms with Gasteiger partial charge in [0.2, 0.25) is 0 Å². The second kappa shape index (κ2) is 9.80. The van der Waals surface area contributed by atoms with Crippen molar-refractivity contribution in [1.82, 2.24) is 20.2 Å². The average Bonchev–Trinajstić information content (AvgIpc) is 3.47. The van der Waals surface area contributed by atoms with Crippen LogP contribution in [0.3, 0.4) is 0 Å². The fraction of sp³-hybridized carbons (Fsp3) is 0.419. The predicted molar refractivity (Wildman–Crippen MR) is 152 cm³/mol. The van der Waals surface area contributed by atoms with Crippen molar-refractivity contribution in [2.75, 3.05) is 38.2 Å². The van der Waals surface area contributed by atoms with Crippen LogP contribution in [0.1, 0.15) is 31.2 Å². The summed E-state index contributed by atoms with van der Waals surface area (Å²) in [6.07, 6.45) is 4.73. The highest BCUT2D eigenvalue weighted by molar-refractivity contribution is 6.00. The van der Waals surface area contributed by atoms with E-state index in [1.165, 1.54) is 24.6 Å². The summed E-state index contributed by atoms with van der Waals surface area (Å²) in [5.74, 6) is 0.999. The Hall–Kier alpha value is -3.26. The van der Waals surface area contributed by atoms with E-state index in [0.29, 0.717) is 30.7 Å². The van der Waals surface area contributed by atoms with Gasteiger partial charge in [-0.15, -0.1) is 0 Å². The van der Waals surface area contributed by atoms with Gasteiger partial charge in [0.15, 0.2) is 0 Å². The lowest BCUT2D eigenvalue weighted by atomic mass is 9.95. The molecule has 0 unspecified atom stereocenters. The molecular formula is C31H35N5O2. The Bertz CT molecular complexity index is 1470. The monoisotopic (exact) mass is 509 g/mol. The maximum absolute atomic E-state index is 9.93. The van der Waals surface area contributed by atoms with Gasteiger partial charge in [0.05, 0.1) is 12.1 Å². The molecule has 4 aromatic rings. The minimum absolute atomic E-state index is 0.0110. The van der Waals surface area contributed by atoms with Gasteiger partial charge in [-0.2, -0.15) is 9.97 Å². The summed E-state index contributed by atoms with van der Waals surface area (Å²) in [6, 6.07) is 20.8. The fourth-order valence-corrected chi connectivity index (χ4v) is 6.71. The second-order valence-electron chi connectivity index (χ2n) is 11.1. The van der Waals surface area contributed by atoms with Crippen LogP contribution in [0, 0.1) is 0 Å². The molecule has 0 spiro atoms. The van der Waals surface area contributed by atoms with Crippen molar-refractivity contribution in [3.8, 4) is 17.1 Å². The minimum Gasteiger partial charge on any atom is -0.462 e. The van der Waals surface area contributed by atoms with Crippen molar-refractivity contribution in [2.24, 2.45) is 0 Å². The van der Waals surface area contributed by atoms with Gasteiger partial charge < -0.3 is 25.0 Å². The lowest BCUT2D eigenvalue weighted by Gasteiger charge is -2.37. The van der Waals surface area contributed by atoms with E-state index < -0.39 is 0 Å². The van der Waals surface area contributed by atoms with E-state index in [9.17, 15) is 5.11 Å². The van der Waals surface area contributed by atoms with Crippen LogP contribution < -0.4 is 15.0 Å². The van der Waals surface area contributed by atoms with Crippen LogP contribution in [-0.4, -0.2) is 71.4 Å². The number of piperazine rings is 1. The number of ether oxygens (including phenoxy) is 1. The number of aromatic nitrogens is 2. The topological polar surface area (TPSA) is 73.8 Å². The lowest BCUT2D eigenvalue weighted by molar-refractivity contribution is 0.188. The van der Waals surface area contributed by atoms with Crippen molar-refractivity contribution >= 4 is 27.5 Å². The number of anilines is 1. The fourth-order valence-electron chi connectivity index (χ4n) is 6.71. The van der Waals surface area contributed by atoms with E-state index in [1.807, 2.05) is 6.07 Å². The number of aliphatic hydroxyl groups is 1. The largest absolute Gasteiger partial charge is 0.462 e. The van der Waals surface area contributed by atoms with Gasteiger partial charge in [-0.1, -0.05) is 30.3 Å². The first-order valence-corrected chi connectivity index (χ1v) is 13.9. The maximum atomic E-state index is 9.93. The standard InChI is InChI=1S/C31H35N5O2/c1-35-12-4-6-25(35)19-38-31-33-29-15-22(28-14-20(18-37)13-21-5-2-3-7-26(21)28)8-11-27(29)30(34-31)36-23-9-10-24(36)17-32-16-23/h2-3,5,7-8,11,13-15,23-25,32,37H,4,6,9-10,12,16-19H2,1H3/t23-,24+,25-/m0/s1. The van der Waals surface area contributed by atoms with Crippen LogP contribution in [0.15, 0.2) is 54.6 Å². The Balaban J connectivity index is 1.34. The zero-order valence-corrected chi connectivity index (χ0v) is 21.9. The summed E-state index contributed by atoms with van der Waals surface area (Å²) in [5.41, 5.74) is 3.99. The van der Waals surface area contributed by atoms with Crippen LogP contribution in [-0.2, 0) is 6.61 Å². The van der Waals surface area contributed by atoms with Crippen molar-refractivity contribution in [1.29, 1.82) is 0 Å².